The first kappa shape index (κ1) is 18.6. The molecule has 25 heavy (non-hydrogen) atoms. The average molecular weight is 367 g/mol. The Hall–Kier alpha value is -1.14. The molecule has 2 aliphatic heterocycles. The number of rotatable bonds is 4. The van der Waals surface area contributed by atoms with E-state index in [1.165, 1.54) is 0 Å². The number of benzene rings is 1. The molecule has 6 heteroatoms. The second-order valence-electron chi connectivity index (χ2n) is 7.22. The lowest BCUT2D eigenvalue weighted by atomic mass is 9.78. The van der Waals surface area contributed by atoms with E-state index in [-0.39, 0.29) is 11.8 Å². The molecule has 2 heterocycles. The molecule has 0 bridgehead atoms. The molecule has 0 spiro atoms. The van der Waals surface area contributed by atoms with Gasteiger partial charge in [-0.3, -0.25) is 4.79 Å². The molecule has 0 aromatic heterocycles. The van der Waals surface area contributed by atoms with Crippen molar-refractivity contribution in [2.45, 2.75) is 31.8 Å². The molecule has 138 valence electrons. The number of likely N-dealkylation sites (tertiary alicyclic amines) is 1. The first-order valence-electron chi connectivity index (χ1n) is 9.06. The highest BCUT2D eigenvalue weighted by atomic mass is 35.5. The lowest BCUT2D eigenvalue weighted by molar-refractivity contribution is -0.149. The summed E-state index contributed by atoms with van der Waals surface area (Å²) < 4.78 is 5.40. The third-order valence-corrected chi connectivity index (χ3v) is 6.03. The van der Waals surface area contributed by atoms with Gasteiger partial charge in [0.05, 0.1) is 11.5 Å². The van der Waals surface area contributed by atoms with Crippen LogP contribution in [0.2, 0.25) is 5.02 Å². The van der Waals surface area contributed by atoms with Crippen LogP contribution in [0.3, 0.4) is 0 Å². The number of amides is 1. The zero-order chi connectivity index (χ0) is 17.9. The molecule has 3 N–H and O–H groups in total. The van der Waals surface area contributed by atoms with Gasteiger partial charge in [0.1, 0.15) is 0 Å². The van der Waals surface area contributed by atoms with Gasteiger partial charge in [-0.15, -0.1) is 0 Å². The third kappa shape index (κ3) is 4.00. The average Bonchev–Trinajstić information content (AvgIpc) is 2.68. The van der Waals surface area contributed by atoms with Crippen LogP contribution in [0, 0.1) is 11.3 Å². The number of piperidine rings is 1. The van der Waals surface area contributed by atoms with Crippen LogP contribution in [0.1, 0.15) is 37.4 Å². The molecule has 0 aliphatic carbocycles. The summed E-state index contributed by atoms with van der Waals surface area (Å²) in [5.74, 6) is 0.325. The molecule has 5 nitrogen and oxygen atoms in total. The molecular formula is C19H27ClN2O3. The largest absolute Gasteiger partial charge is 0.388 e. The minimum absolute atomic E-state index is 0.161. The van der Waals surface area contributed by atoms with E-state index in [2.05, 4.69) is 0 Å². The first-order valence-corrected chi connectivity index (χ1v) is 9.44. The van der Waals surface area contributed by atoms with Crippen LogP contribution in [0.25, 0.3) is 0 Å². The summed E-state index contributed by atoms with van der Waals surface area (Å²) in [5.41, 5.74) is 6.38. The van der Waals surface area contributed by atoms with Crippen LogP contribution < -0.4 is 5.73 Å². The molecule has 1 unspecified atom stereocenters. The van der Waals surface area contributed by atoms with E-state index >= 15 is 0 Å². The number of nitrogens with zero attached hydrogens (tertiary/aromatic N) is 1. The van der Waals surface area contributed by atoms with Gasteiger partial charge in [0, 0.05) is 37.9 Å². The maximum atomic E-state index is 13.0. The fourth-order valence-electron chi connectivity index (χ4n) is 3.95. The molecule has 0 saturated carbocycles. The predicted molar refractivity (Wildman–Crippen MR) is 97.3 cm³/mol. The van der Waals surface area contributed by atoms with Gasteiger partial charge < -0.3 is 20.5 Å². The first-order chi connectivity index (χ1) is 12.1. The Morgan fingerprint density at radius 2 is 1.88 bits per heavy atom. The minimum Gasteiger partial charge on any atom is -0.388 e. The van der Waals surface area contributed by atoms with Gasteiger partial charge in [0.25, 0.3) is 0 Å². The molecule has 1 amide bonds. The smallest absolute Gasteiger partial charge is 0.230 e. The van der Waals surface area contributed by atoms with Crippen molar-refractivity contribution >= 4 is 17.5 Å². The van der Waals surface area contributed by atoms with E-state index in [1.54, 1.807) is 12.1 Å². The topological polar surface area (TPSA) is 75.8 Å². The zero-order valence-electron chi connectivity index (χ0n) is 14.5. The normalized spacial score (nSPS) is 22.6. The van der Waals surface area contributed by atoms with Crippen molar-refractivity contribution in [3.8, 4) is 0 Å². The number of aliphatic hydroxyl groups excluding tert-OH is 1. The van der Waals surface area contributed by atoms with Crippen LogP contribution in [-0.4, -0.2) is 48.8 Å². The number of ether oxygens (including phenoxy) is 1. The van der Waals surface area contributed by atoms with Crippen molar-refractivity contribution in [3.05, 3.63) is 34.9 Å². The molecular weight excluding hydrogens is 340 g/mol. The number of carbonyl (C=O) groups is 1. The van der Waals surface area contributed by atoms with E-state index < -0.39 is 11.5 Å². The van der Waals surface area contributed by atoms with E-state index in [1.807, 2.05) is 17.0 Å². The minimum atomic E-state index is -0.513. The van der Waals surface area contributed by atoms with Gasteiger partial charge in [-0.2, -0.15) is 0 Å². The van der Waals surface area contributed by atoms with Crippen molar-refractivity contribution in [2.75, 3.05) is 32.8 Å². The fraction of sp³-hybridized carbons (Fsp3) is 0.632. The molecule has 3 rings (SSSR count). The standard InChI is InChI=1S/C19H27ClN2O3/c20-16-3-1-14(2-4-16)17(23)15-5-9-22(10-6-15)18(24)19(13-21)7-11-25-12-8-19/h1-4,15,17,23H,5-13,21H2. The summed E-state index contributed by atoms with van der Waals surface area (Å²) in [6.07, 6.45) is 2.49. The highest BCUT2D eigenvalue weighted by Crippen LogP contribution is 2.35. The van der Waals surface area contributed by atoms with E-state index in [0.29, 0.717) is 50.7 Å². The quantitative estimate of drug-likeness (QED) is 0.857. The number of halogens is 1. The van der Waals surface area contributed by atoms with Crippen LogP contribution in [0.5, 0.6) is 0 Å². The Labute approximate surface area is 154 Å². The second-order valence-corrected chi connectivity index (χ2v) is 7.66. The fourth-order valence-corrected chi connectivity index (χ4v) is 4.08. The highest BCUT2D eigenvalue weighted by Gasteiger charge is 2.42. The van der Waals surface area contributed by atoms with Crippen LogP contribution in [0.4, 0.5) is 0 Å². The summed E-state index contributed by atoms with van der Waals surface area (Å²) in [7, 11) is 0. The Morgan fingerprint density at radius 3 is 2.44 bits per heavy atom. The molecule has 0 radical (unpaired) electrons. The molecule has 2 aliphatic rings. The Kier molecular flexibility index (Phi) is 6.00. The maximum Gasteiger partial charge on any atom is 0.230 e. The zero-order valence-corrected chi connectivity index (χ0v) is 15.3. The third-order valence-electron chi connectivity index (χ3n) is 5.78. The van der Waals surface area contributed by atoms with Gasteiger partial charge in [-0.05, 0) is 49.3 Å². The van der Waals surface area contributed by atoms with Crippen molar-refractivity contribution in [1.82, 2.24) is 4.90 Å². The molecule has 2 saturated heterocycles. The highest BCUT2D eigenvalue weighted by molar-refractivity contribution is 6.30. The van der Waals surface area contributed by atoms with Crippen molar-refractivity contribution in [2.24, 2.45) is 17.1 Å². The van der Waals surface area contributed by atoms with Gasteiger partial charge in [0.2, 0.25) is 5.91 Å². The molecule has 1 aromatic rings. The summed E-state index contributed by atoms with van der Waals surface area (Å²) in [6.45, 7) is 2.94. The van der Waals surface area contributed by atoms with Crippen molar-refractivity contribution in [3.63, 3.8) is 0 Å². The van der Waals surface area contributed by atoms with Crippen LogP contribution in [-0.2, 0) is 9.53 Å². The summed E-state index contributed by atoms with van der Waals surface area (Å²) in [6, 6.07) is 7.34. The second kappa shape index (κ2) is 8.04. The van der Waals surface area contributed by atoms with Crippen molar-refractivity contribution < 1.29 is 14.6 Å². The number of hydrogen-bond donors (Lipinski definition) is 2. The number of aliphatic hydroxyl groups is 1. The van der Waals surface area contributed by atoms with Crippen LogP contribution in [0.15, 0.2) is 24.3 Å². The molecule has 2 fully saturated rings. The van der Waals surface area contributed by atoms with Crippen molar-refractivity contribution in [1.29, 1.82) is 0 Å². The lowest BCUT2D eigenvalue weighted by Gasteiger charge is -2.42. The monoisotopic (exact) mass is 366 g/mol. The predicted octanol–water partition coefficient (Wildman–Crippen LogP) is 2.37. The Bertz CT molecular complexity index is 579. The van der Waals surface area contributed by atoms with Gasteiger partial charge in [-0.1, -0.05) is 23.7 Å². The number of carbonyl (C=O) groups excluding carboxylic acids is 1. The summed E-state index contributed by atoms with van der Waals surface area (Å²) in [4.78, 5) is 14.9. The van der Waals surface area contributed by atoms with Crippen LogP contribution >= 0.6 is 11.6 Å². The SMILES string of the molecule is NCC1(C(=O)N2CCC(C(O)c3ccc(Cl)cc3)CC2)CCOCC1. The van der Waals surface area contributed by atoms with E-state index in [9.17, 15) is 9.90 Å². The van der Waals surface area contributed by atoms with Gasteiger partial charge in [0.15, 0.2) is 0 Å². The lowest BCUT2D eigenvalue weighted by Crippen LogP contribution is -2.53. The summed E-state index contributed by atoms with van der Waals surface area (Å²) in [5, 5.41) is 11.3. The molecule has 1 aromatic carbocycles. The van der Waals surface area contributed by atoms with E-state index in [4.69, 9.17) is 22.1 Å². The van der Waals surface area contributed by atoms with Gasteiger partial charge >= 0.3 is 0 Å². The maximum absolute atomic E-state index is 13.0. The molecule has 1 atom stereocenters. The number of hydrogen-bond acceptors (Lipinski definition) is 4. The Balaban J connectivity index is 1.59. The van der Waals surface area contributed by atoms with Gasteiger partial charge in [-0.25, -0.2) is 0 Å². The van der Waals surface area contributed by atoms with E-state index in [0.717, 1.165) is 18.4 Å². The number of nitrogens with two attached hydrogens (primary N) is 1. The Morgan fingerprint density at radius 1 is 1.28 bits per heavy atom. The summed E-state index contributed by atoms with van der Waals surface area (Å²) >= 11 is 5.91.